The van der Waals surface area contributed by atoms with E-state index in [-0.39, 0.29) is 12.1 Å². The monoisotopic (exact) mass is 368 g/mol. The zero-order valence-electron chi connectivity index (χ0n) is 17.9. The first-order chi connectivity index (χ1) is 12.0. The van der Waals surface area contributed by atoms with Gasteiger partial charge in [-0.25, -0.2) is 4.79 Å². The molecule has 1 aliphatic rings. The summed E-state index contributed by atoms with van der Waals surface area (Å²) in [7, 11) is 1.81. The Morgan fingerprint density at radius 2 is 1.54 bits per heavy atom. The van der Waals surface area contributed by atoms with E-state index < -0.39 is 5.60 Å². The van der Waals surface area contributed by atoms with Gasteiger partial charge in [0, 0.05) is 25.7 Å². The number of carbonyl (C=O) groups excluding carboxylic acids is 1. The van der Waals surface area contributed by atoms with E-state index in [0.29, 0.717) is 11.5 Å². The Bertz CT molecular complexity index is 455. The average Bonchev–Trinajstić information content (AvgIpc) is 2.49. The van der Waals surface area contributed by atoms with E-state index in [0.717, 1.165) is 44.6 Å². The summed E-state index contributed by atoms with van der Waals surface area (Å²) in [6, 6.07) is 0.602. The minimum atomic E-state index is -0.450. The van der Waals surface area contributed by atoms with Gasteiger partial charge in [-0.1, -0.05) is 20.8 Å². The molecule has 3 N–H and O–H groups in total. The van der Waals surface area contributed by atoms with E-state index in [1.54, 1.807) is 0 Å². The molecule has 0 unspecified atom stereocenters. The molecule has 152 valence electrons. The zero-order chi connectivity index (χ0) is 19.8. The predicted octanol–water partition coefficient (Wildman–Crippen LogP) is 3.81. The molecule has 1 rings (SSSR count). The van der Waals surface area contributed by atoms with Crippen LogP contribution in [0.4, 0.5) is 4.79 Å². The SMILES string of the molecule is CN=C(NCCCC(C)(C)C)NC1CCC(NC(=O)OC(C)(C)C)CC1. The number of rotatable bonds is 5. The summed E-state index contributed by atoms with van der Waals surface area (Å²) >= 11 is 0. The van der Waals surface area contributed by atoms with Crippen LogP contribution in [0.25, 0.3) is 0 Å². The first kappa shape index (κ1) is 22.6. The number of hydrogen-bond donors (Lipinski definition) is 3. The minimum absolute atomic E-state index is 0.199. The van der Waals surface area contributed by atoms with Crippen molar-refractivity contribution in [3.05, 3.63) is 0 Å². The Kier molecular flexibility index (Phi) is 8.71. The number of aliphatic imine (C=N–C) groups is 1. The molecule has 1 amide bonds. The second kappa shape index (κ2) is 10.0. The van der Waals surface area contributed by atoms with Crippen LogP contribution in [0.15, 0.2) is 4.99 Å². The Morgan fingerprint density at radius 1 is 1.00 bits per heavy atom. The van der Waals surface area contributed by atoms with Crippen LogP contribution in [-0.2, 0) is 4.74 Å². The van der Waals surface area contributed by atoms with Gasteiger partial charge < -0.3 is 20.7 Å². The fourth-order valence-electron chi connectivity index (χ4n) is 3.07. The second-order valence-electron chi connectivity index (χ2n) is 9.50. The number of guanidine groups is 1. The predicted molar refractivity (Wildman–Crippen MR) is 109 cm³/mol. The quantitative estimate of drug-likeness (QED) is 0.392. The van der Waals surface area contributed by atoms with E-state index >= 15 is 0 Å². The Labute approximate surface area is 159 Å². The number of ether oxygens (including phenoxy) is 1. The van der Waals surface area contributed by atoms with Gasteiger partial charge in [0.1, 0.15) is 5.60 Å². The highest BCUT2D eigenvalue weighted by molar-refractivity contribution is 5.79. The molecule has 1 aliphatic carbocycles. The van der Waals surface area contributed by atoms with E-state index in [1.807, 2.05) is 27.8 Å². The summed E-state index contributed by atoms with van der Waals surface area (Å²) in [4.78, 5) is 16.2. The molecule has 0 aromatic rings. The maximum absolute atomic E-state index is 11.9. The molecular formula is C20H40N4O2. The molecule has 0 heterocycles. The van der Waals surface area contributed by atoms with E-state index in [9.17, 15) is 4.79 Å². The van der Waals surface area contributed by atoms with E-state index in [1.165, 1.54) is 6.42 Å². The summed E-state index contributed by atoms with van der Waals surface area (Å²) in [5.74, 6) is 0.877. The number of hydrogen-bond acceptors (Lipinski definition) is 3. The maximum Gasteiger partial charge on any atom is 0.407 e. The molecule has 0 aliphatic heterocycles. The van der Waals surface area contributed by atoms with Gasteiger partial charge in [-0.2, -0.15) is 0 Å². The molecule has 0 aromatic carbocycles. The fourth-order valence-corrected chi connectivity index (χ4v) is 3.07. The number of carbonyl (C=O) groups is 1. The average molecular weight is 369 g/mol. The van der Waals surface area contributed by atoms with Crippen LogP contribution >= 0.6 is 0 Å². The Morgan fingerprint density at radius 3 is 2.00 bits per heavy atom. The number of nitrogens with one attached hydrogen (secondary N) is 3. The molecule has 0 bridgehead atoms. The zero-order valence-corrected chi connectivity index (χ0v) is 17.9. The molecule has 6 heteroatoms. The summed E-state index contributed by atoms with van der Waals surface area (Å²) in [6.07, 6.45) is 5.96. The van der Waals surface area contributed by atoms with Crippen molar-refractivity contribution in [1.82, 2.24) is 16.0 Å². The van der Waals surface area contributed by atoms with Crippen LogP contribution in [0.3, 0.4) is 0 Å². The lowest BCUT2D eigenvalue weighted by molar-refractivity contribution is 0.0490. The van der Waals surface area contributed by atoms with Crippen molar-refractivity contribution in [3.8, 4) is 0 Å². The van der Waals surface area contributed by atoms with Crippen molar-refractivity contribution in [1.29, 1.82) is 0 Å². The summed E-state index contributed by atoms with van der Waals surface area (Å²) in [6.45, 7) is 13.4. The number of amides is 1. The molecule has 0 aromatic heterocycles. The number of alkyl carbamates (subject to hydrolysis) is 1. The lowest BCUT2D eigenvalue weighted by atomic mass is 9.90. The molecule has 0 atom stereocenters. The van der Waals surface area contributed by atoms with Crippen molar-refractivity contribution in [2.45, 2.75) is 97.8 Å². The standard InChI is InChI=1S/C20H40N4O2/c1-19(2,3)13-8-14-22-17(21-7)23-15-9-11-16(12-10-15)24-18(25)26-20(4,5)6/h15-16H,8-14H2,1-7H3,(H,24,25)(H2,21,22,23). The first-order valence-electron chi connectivity index (χ1n) is 9.95. The van der Waals surface area contributed by atoms with Gasteiger partial charge in [0.05, 0.1) is 0 Å². The molecule has 0 radical (unpaired) electrons. The van der Waals surface area contributed by atoms with Crippen LogP contribution in [-0.4, -0.2) is 43.3 Å². The molecule has 6 nitrogen and oxygen atoms in total. The largest absolute Gasteiger partial charge is 0.444 e. The number of nitrogens with zero attached hydrogens (tertiary/aromatic N) is 1. The smallest absolute Gasteiger partial charge is 0.407 e. The topological polar surface area (TPSA) is 74.8 Å². The fraction of sp³-hybridized carbons (Fsp3) is 0.900. The van der Waals surface area contributed by atoms with Crippen molar-refractivity contribution in [2.75, 3.05) is 13.6 Å². The lowest BCUT2D eigenvalue weighted by Gasteiger charge is -2.31. The van der Waals surface area contributed by atoms with Crippen molar-refractivity contribution >= 4 is 12.1 Å². The van der Waals surface area contributed by atoms with Gasteiger partial charge >= 0.3 is 6.09 Å². The highest BCUT2D eigenvalue weighted by atomic mass is 16.6. The first-order valence-corrected chi connectivity index (χ1v) is 9.95. The molecule has 1 saturated carbocycles. The van der Waals surface area contributed by atoms with Gasteiger partial charge in [0.2, 0.25) is 0 Å². The van der Waals surface area contributed by atoms with Gasteiger partial charge in [0.25, 0.3) is 0 Å². The summed E-state index contributed by atoms with van der Waals surface area (Å²) < 4.78 is 5.33. The second-order valence-corrected chi connectivity index (χ2v) is 9.50. The van der Waals surface area contributed by atoms with Crippen molar-refractivity contribution < 1.29 is 9.53 Å². The Balaban J connectivity index is 2.26. The molecule has 1 fully saturated rings. The van der Waals surface area contributed by atoms with Crippen LogP contribution in [0.1, 0.15) is 80.1 Å². The lowest BCUT2D eigenvalue weighted by Crippen LogP contribution is -2.48. The van der Waals surface area contributed by atoms with Gasteiger partial charge in [-0.3, -0.25) is 4.99 Å². The van der Waals surface area contributed by atoms with Gasteiger partial charge in [0.15, 0.2) is 5.96 Å². The van der Waals surface area contributed by atoms with Crippen molar-refractivity contribution in [2.24, 2.45) is 10.4 Å². The van der Waals surface area contributed by atoms with E-state index in [4.69, 9.17) is 4.74 Å². The normalized spacial score (nSPS) is 21.9. The van der Waals surface area contributed by atoms with Crippen LogP contribution in [0.2, 0.25) is 0 Å². The van der Waals surface area contributed by atoms with Gasteiger partial charge in [-0.05, 0) is 64.7 Å². The van der Waals surface area contributed by atoms with E-state index in [2.05, 4.69) is 41.7 Å². The Hall–Kier alpha value is -1.46. The molecule has 0 saturated heterocycles. The third kappa shape index (κ3) is 10.5. The van der Waals surface area contributed by atoms with Crippen LogP contribution in [0, 0.1) is 5.41 Å². The van der Waals surface area contributed by atoms with Gasteiger partial charge in [-0.15, -0.1) is 0 Å². The summed E-state index contributed by atoms with van der Waals surface area (Å²) in [5.41, 5.74) is -0.0772. The molecule has 26 heavy (non-hydrogen) atoms. The van der Waals surface area contributed by atoms with Crippen LogP contribution < -0.4 is 16.0 Å². The molecule has 0 spiro atoms. The molecular weight excluding hydrogens is 328 g/mol. The third-order valence-corrected chi connectivity index (χ3v) is 4.41. The highest BCUT2D eigenvalue weighted by Gasteiger charge is 2.25. The maximum atomic E-state index is 11.9. The highest BCUT2D eigenvalue weighted by Crippen LogP contribution is 2.20. The summed E-state index contributed by atoms with van der Waals surface area (Å²) in [5, 5.41) is 9.90. The van der Waals surface area contributed by atoms with Crippen LogP contribution in [0.5, 0.6) is 0 Å². The minimum Gasteiger partial charge on any atom is -0.444 e. The van der Waals surface area contributed by atoms with Crippen molar-refractivity contribution in [3.63, 3.8) is 0 Å². The third-order valence-electron chi connectivity index (χ3n) is 4.41.